The molecule has 2 aromatic rings. The second-order valence-corrected chi connectivity index (χ2v) is 3.63. The molecule has 0 N–H and O–H groups in total. The van der Waals surface area contributed by atoms with Gasteiger partial charge in [-0.05, 0) is 28.1 Å². The Balaban J connectivity index is 2.89. The topological polar surface area (TPSA) is 25.8 Å². The summed E-state index contributed by atoms with van der Waals surface area (Å²) in [4.78, 5) is 8.00. The van der Waals surface area contributed by atoms with Gasteiger partial charge >= 0.3 is 0 Å². The predicted octanol–water partition coefficient (Wildman–Crippen LogP) is 3.05. The van der Waals surface area contributed by atoms with E-state index in [-0.39, 0.29) is 0 Å². The fraction of sp³-hybridized carbons (Fsp3) is 0. The van der Waals surface area contributed by atoms with Gasteiger partial charge in [0.05, 0.1) is 5.52 Å². The molecule has 0 bridgehead atoms. The maximum Gasteiger partial charge on any atom is 0.116 e. The maximum absolute atomic E-state index is 5.83. The van der Waals surface area contributed by atoms with E-state index in [9.17, 15) is 0 Å². The number of fused-ring (bicyclic) bond motifs is 1. The lowest BCUT2D eigenvalue weighted by atomic mass is 10.2. The summed E-state index contributed by atoms with van der Waals surface area (Å²) in [6, 6.07) is 3.64. The minimum absolute atomic E-state index is 0.674. The molecule has 1 aromatic heterocycles. The number of rotatable bonds is 0. The lowest BCUT2D eigenvalue weighted by Crippen LogP contribution is -1.81. The van der Waals surface area contributed by atoms with Crippen molar-refractivity contribution in [1.82, 2.24) is 9.97 Å². The lowest BCUT2D eigenvalue weighted by molar-refractivity contribution is 1.22. The fourth-order valence-corrected chi connectivity index (χ4v) is 1.91. The Labute approximate surface area is 82.7 Å². The van der Waals surface area contributed by atoms with Gasteiger partial charge in [0, 0.05) is 21.1 Å². The van der Waals surface area contributed by atoms with Crippen molar-refractivity contribution in [2.45, 2.75) is 0 Å². The van der Waals surface area contributed by atoms with E-state index in [1.54, 1.807) is 6.20 Å². The minimum atomic E-state index is 0.674. The largest absolute Gasteiger partial charge is 0.244 e. The zero-order valence-corrected chi connectivity index (χ0v) is 8.30. The van der Waals surface area contributed by atoms with E-state index >= 15 is 0 Å². The van der Waals surface area contributed by atoms with Gasteiger partial charge in [-0.1, -0.05) is 11.6 Å². The molecule has 1 heterocycles. The van der Waals surface area contributed by atoms with Gasteiger partial charge in [0.1, 0.15) is 6.33 Å². The molecule has 0 amide bonds. The van der Waals surface area contributed by atoms with Crippen LogP contribution < -0.4 is 0 Å². The van der Waals surface area contributed by atoms with Crippen molar-refractivity contribution in [1.29, 1.82) is 0 Å². The van der Waals surface area contributed by atoms with Crippen molar-refractivity contribution < 1.29 is 0 Å². The molecule has 60 valence electrons. The molecule has 0 aliphatic carbocycles. The van der Waals surface area contributed by atoms with Crippen LogP contribution in [-0.2, 0) is 0 Å². The normalized spacial score (nSPS) is 10.5. The smallest absolute Gasteiger partial charge is 0.116 e. The Hall–Kier alpha value is -0.670. The van der Waals surface area contributed by atoms with Crippen LogP contribution in [0.1, 0.15) is 0 Å². The highest BCUT2D eigenvalue weighted by molar-refractivity contribution is 9.10. The van der Waals surface area contributed by atoms with E-state index in [4.69, 9.17) is 11.6 Å². The molecule has 0 radical (unpaired) electrons. The molecule has 0 spiro atoms. The lowest BCUT2D eigenvalue weighted by Gasteiger charge is -1.98. The molecule has 0 saturated carbocycles. The van der Waals surface area contributed by atoms with E-state index in [0.29, 0.717) is 5.02 Å². The highest BCUT2D eigenvalue weighted by Crippen LogP contribution is 2.25. The molecule has 2 nitrogen and oxygen atoms in total. The fourth-order valence-electron chi connectivity index (χ4n) is 1.01. The van der Waals surface area contributed by atoms with Gasteiger partial charge in [-0.25, -0.2) is 9.97 Å². The summed E-state index contributed by atoms with van der Waals surface area (Å²) in [5.41, 5.74) is 0.851. The molecule has 0 unspecified atom stereocenters. The predicted molar refractivity (Wildman–Crippen MR) is 52.2 cm³/mol. The van der Waals surface area contributed by atoms with Crippen molar-refractivity contribution >= 4 is 38.4 Å². The Bertz CT molecular complexity index is 430. The van der Waals surface area contributed by atoms with Crippen LogP contribution in [0.4, 0.5) is 0 Å². The molecular formula is C8H4BrClN2. The number of halogens is 2. The summed E-state index contributed by atoms with van der Waals surface area (Å²) in [5, 5.41) is 1.65. The molecule has 0 fully saturated rings. The summed E-state index contributed by atoms with van der Waals surface area (Å²) in [6.07, 6.45) is 3.26. The zero-order valence-electron chi connectivity index (χ0n) is 5.96. The van der Waals surface area contributed by atoms with Gasteiger partial charge in [-0.15, -0.1) is 0 Å². The molecule has 0 saturated heterocycles. The van der Waals surface area contributed by atoms with Crippen molar-refractivity contribution in [3.63, 3.8) is 0 Å². The van der Waals surface area contributed by atoms with E-state index in [1.165, 1.54) is 6.33 Å². The van der Waals surface area contributed by atoms with Gasteiger partial charge in [-0.3, -0.25) is 0 Å². The molecular weight excluding hydrogens is 239 g/mol. The molecule has 2 rings (SSSR count). The molecule has 12 heavy (non-hydrogen) atoms. The summed E-state index contributed by atoms with van der Waals surface area (Å²) in [5.74, 6) is 0. The van der Waals surface area contributed by atoms with Crippen LogP contribution in [0.5, 0.6) is 0 Å². The second kappa shape index (κ2) is 2.99. The van der Waals surface area contributed by atoms with Crippen molar-refractivity contribution in [3.05, 3.63) is 34.2 Å². The number of nitrogens with zero attached hydrogens (tertiary/aromatic N) is 2. The molecule has 1 aromatic carbocycles. The van der Waals surface area contributed by atoms with Crippen molar-refractivity contribution in [3.8, 4) is 0 Å². The third-order valence-electron chi connectivity index (χ3n) is 1.54. The Morgan fingerprint density at radius 3 is 3.00 bits per heavy atom. The van der Waals surface area contributed by atoms with Crippen LogP contribution in [0, 0.1) is 0 Å². The molecule has 0 aliphatic rings. The maximum atomic E-state index is 5.83. The van der Waals surface area contributed by atoms with E-state index < -0.39 is 0 Å². The van der Waals surface area contributed by atoms with E-state index in [1.807, 2.05) is 12.1 Å². The van der Waals surface area contributed by atoms with Crippen LogP contribution in [0.3, 0.4) is 0 Å². The minimum Gasteiger partial charge on any atom is -0.244 e. The van der Waals surface area contributed by atoms with Crippen LogP contribution in [0.2, 0.25) is 5.02 Å². The van der Waals surface area contributed by atoms with E-state index in [0.717, 1.165) is 15.4 Å². The van der Waals surface area contributed by atoms with Crippen LogP contribution in [-0.4, -0.2) is 9.97 Å². The Morgan fingerprint density at radius 2 is 2.17 bits per heavy atom. The summed E-state index contributed by atoms with van der Waals surface area (Å²) >= 11 is 9.22. The number of hydrogen-bond acceptors (Lipinski definition) is 2. The van der Waals surface area contributed by atoms with Gasteiger partial charge < -0.3 is 0 Å². The Kier molecular flexibility index (Phi) is 1.98. The second-order valence-electron chi connectivity index (χ2n) is 2.34. The first-order chi connectivity index (χ1) is 5.77. The van der Waals surface area contributed by atoms with Gasteiger partial charge in [0.2, 0.25) is 0 Å². The highest BCUT2D eigenvalue weighted by atomic mass is 79.9. The van der Waals surface area contributed by atoms with Gasteiger partial charge in [0.25, 0.3) is 0 Å². The third-order valence-corrected chi connectivity index (χ3v) is 2.41. The number of hydrogen-bond donors (Lipinski definition) is 0. The first-order valence-corrected chi connectivity index (χ1v) is 4.49. The Morgan fingerprint density at radius 1 is 1.33 bits per heavy atom. The quantitative estimate of drug-likeness (QED) is 0.711. The first kappa shape index (κ1) is 7.95. The average Bonchev–Trinajstić information content (AvgIpc) is 2.04. The number of aromatic nitrogens is 2. The third kappa shape index (κ3) is 1.30. The monoisotopic (exact) mass is 242 g/mol. The average molecular weight is 243 g/mol. The summed E-state index contributed by atoms with van der Waals surface area (Å²) in [6.45, 7) is 0. The van der Waals surface area contributed by atoms with Gasteiger partial charge in [-0.2, -0.15) is 0 Å². The summed E-state index contributed by atoms with van der Waals surface area (Å²) < 4.78 is 0.922. The van der Waals surface area contributed by atoms with Gasteiger partial charge in [0.15, 0.2) is 0 Å². The van der Waals surface area contributed by atoms with Crippen LogP contribution in [0.15, 0.2) is 29.1 Å². The van der Waals surface area contributed by atoms with Crippen LogP contribution in [0.25, 0.3) is 10.9 Å². The molecule has 0 aliphatic heterocycles. The molecule has 4 heteroatoms. The highest BCUT2D eigenvalue weighted by Gasteiger charge is 2.00. The summed E-state index contributed by atoms with van der Waals surface area (Å²) in [7, 11) is 0. The SMILES string of the molecule is Clc1cc(Br)c2cncnc2c1. The van der Waals surface area contributed by atoms with Crippen molar-refractivity contribution in [2.75, 3.05) is 0 Å². The molecule has 0 atom stereocenters. The standard InChI is InChI=1S/C8H4BrClN2/c9-7-1-5(10)2-8-6(7)3-11-4-12-8/h1-4H. The van der Waals surface area contributed by atoms with E-state index in [2.05, 4.69) is 25.9 Å². The van der Waals surface area contributed by atoms with Crippen LogP contribution >= 0.6 is 27.5 Å². The zero-order chi connectivity index (χ0) is 8.55. The first-order valence-electron chi connectivity index (χ1n) is 3.32. The van der Waals surface area contributed by atoms with Crippen molar-refractivity contribution in [2.24, 2.45) is 0 Å². The number of benzene rings is 1.